The highest BCUT2D eigenvalue weighted by molar-refractivity contribution is 7.40. The van der Waals surface area contributed by atoms with E-state index in [1.165, 1.54) is 7.11 Å². The second-order valence-corrected chi connectivity index (χ2v) is 2.61. The predicted molar refractivity (Wildman–Crippen MR) is 38.0 cm³/mol. The highest BCUT2D eigenvalue weighted by Crippen LogP contribution is 2.15. The maximum absolute atomic E-state index is 10.7. The molecule has 0 N–H and O–H groups in total. The zero-order chi connectivity index (χ0) is 8.85. The Hall–Kier alpha value is -0.730. The smallest absolute Gasteiger partial charge is 0.341 e. The Kier molecular flexibility index (Phi) is 4.66. The van der Waals surface area contributed by atoms with Crippen LogP contribution in [0.1, 0.15) is 13.3 Å². The van der Waals surface area contributed by atoms with E-state index in [1.54, 1.807) is 6.92 Å². The van der Waals surface area contributed by atoms with Gasteiger partial charge in [0.05, 0.1) is 12.7 Å². The summed E-state index contributed by atoms with van der Waals surface area (Å²) >= 11 is 0. The molecule has 0 heterocycles. The highest BCUT2D eigenvalue weighted by atomic mass is 31.1. The minimum Gasteiger partial charge on any atom is -0.591 e. The van der Waals surface area contributed by atoms with Crippen molar-refractivity contribution >= 4 is 14.0 Å². The number of methoxy groups -OCH3 is 1. The molecule has 0 fully saturated rings. The first-order valence-electron chi connectivity index (χ1n) is 3.04. The van der Waals surface area contributed by atoms with Crippen molar-refractivity contribution in [1.29, 1.82) is 0 Å². The van der Waals surface area contributed by atoms with Gasteiger partial charge in [0, 0.05) is 0 Å². The summed E-state index contributed by atoms with van der Waals surface area (Å²) in [6, 6.07) is 0. The van der Waals surface area contributed by atoms with Crippen LogP contribution in [0.25, 0.3) is 0 Å². The molecule has 0 rings (SSSR count). The summed E-state index contributed by atoms with van der Waals surface area (Å²) in [6.45, 7) is 1.68. The number of hydrogen-bond acceptors (Lipinski definition) is 4. The number of carbonyl (C=O) groups is 1. The lowest BCUT2D eigenvalue weighted by atomic mass is 10.2. The van der Waals surface area contributed by atoms with Gasteiger partial charge in [-0.1, -0.05) is 11.5 Å². The van der Waals surface area contributed by atoms with Gasteiger partial charge >= 0.3 is 14.0 Å². The topological polar surface area (TPSA) is 66.4 Å². The van der Waals surface area contributed by atoms with Crippen molar-refractivity contribution in [1.82, 2.24) is 0 Å². The number of ether oxygens (including phenoxy) is 1. The molecule has 11 heavy (non-hydrogen) atoms. The van der Waals surface area contributed by atoms with E-state index in [4.69, 9.17) is 0 Å². The molecule has 0 aliphatic heterocycles. The Morgan fingerprint density at radius 1 is 1.73 bits per heavy atom. The van der Waals surface area contributed by atoms with Gasteiger partial charge in [-0.15, -0.1) is 0 Å². The molecule has 0 saturated heterocycles. The monoisotopic (exact) mass is 176 g/mol. The number of esters is 1. The first kappa shape index (κ1) is 10.3. The summed E-state index contributed by atoms with van der Waals surface area (Å²) in [6.07, 6.45) is 0.357. The van der Waals surface area contributed by atoms with Crippen LogP contribution >= 0.6 is 8.03 Å². The second-order valence-electron chi connectivity index (χ2n) is 1.78. The standard InChI is InChI=1S/C6H9O4P/c1-3-5(4-11(8)9)6(7)10-2/h4H,3H2,1-2H3/b5-4+. The maximum atomic E-state index is 10.7. The lowest BCUT2D eigenvalue weighted by Gasteiger charge is -1.96. The third-order valence-corrected chi connectivity index (χ3v) is 1.61. The normalized spacial score (nSPS) is 12.6. The van der Waals surface area contributed by atoms with Gasteiger partial charge in [-0.2, -0.15) is 0 Å². The van der Waals surface area contributed by atoms with E-state index in [2.05, 4.69) is 4.74 Å². The van der Waals surface area contributed by atoms with Crippen molar-refractivity contribution in [3.63, 3.8) is 0 Å². The van der Waals surface area contributed by atoms with Crippen molar-refractivity contribution in [3.05, 3.63) is 11.4 Å². The van der Waals surface area contributed by atoms with E-state index in [-0.39, 0.29) is 5.57 Å². The summed E-state index contributed by atoms with van der Waals surface area (Å²) in [5.74, 6) is 0.299. The third kappa shape index (κ3) is 3.86. The second kappa shape index (κ2) is 4.99. The summed E-state index contributed by atoms with van der Waals surface area (Å²) in [5.41, 5.74) is 0.170. The van der Waals surface area contributed by atoms with E-state index in [9.17, 15) is 14.3 Å². The average molecular weight is 176 g/mol. The van der Waals surface area contributed by atoms with E-state index >= 15 is 0 Å². The molecule has 4 nitrogen and oxygen atoms in total. The van der Waals surface area contributed by atoms with Crippen molar-refractivity contribution in [2.75, 3.05) is 7.11 Å². The summed E-state index contributed by atoms with van der Waals surface area (Å²) in [5, 5.41) is 0. The Morgan fingerprint density at radius 2 is 2.27 bits per heavy atom. The molecule has 0 radical (unpaired) electrons. The quantitative estimate of drug-likeness (QED) is 0.358. The fourth-order valence-electron chi connectivity index (χ4n) is 0.547. The van der Waals surface area contributed by atoms with Gasteiger partial charge in [0.15, 0.2) is 5.82 Å². The van der Waals surface area contributed by atoms with E-state index < -0.39 is 14.0 Å². The van der Waals surface area contributed by atoms with Gasteiger partial charge < -0.3 is 9.63 Å². The largest absolute Gasteiger partial charge is 0.591 e. The van der Waals surface area contributed by atoms with Crippen LogP contribution in [0.15, 0.2) is 11.4 Å². The first-order chi connectivity index (χ1) is 5.11. The number of hydrogen-bond donors (Lipinski definition) is 0. The van der Waals surface area contributed by atoms with Crippen molar-refractivity contribution < 1.29 is 19.0 Å². The fraction of sp³-hybridized carbons (Fsp3) is 0.500. The lowest BCUT2D eigenvalue weighted by Crippen LogP contribution is -2.03. The summed E-state index contributed by atoms with van der Waals surface area (Å²) in [7, 11) is -1.43. The minimum absolute atomic E-state index is 0.170. The van der Waals surface area contributed by atoms with E-state index in [0.29, 0.717) is 6.42 Å². The maximum Gasteiger partial charge on any atom is 0.341 e. The van der Waals surface area contributed by atoms with Crippen LogP contribution in [-0.4, -0.2) is 13.1 Å². The van der Waals surface area contributed by atoms with Crippen LogP contribution in [0.2, 0.25) is 0 Å². The molecular weight excluding hydrogens is 167 g/mol. The minimum atomic E-state index is -2.65. The molecule has 0 aliphatic carbocycles. The summed E-state index contributed by atoms with van der Waals surface area (Å²) < 4.78 is 14.5. The fourth-order valence-corrected chi connectivity index (χ4v) is 1.09. The van der Waals surface area contributed by atoms with E-state index in [0.717, 1.165) is 5.82 Å². The van der Waals surface area contributed by atoms with Crippen LogP contribution in [0, 0.1) is 0 Å². The van der Waals surface area contributed by atoms with Crippen LogP contribution in [0.5, 0.6) is 0 Å². The molecule has 62 valence electrons. The Balaban J connectivity index is 4.39. The van der Waals surface area contributed by atoms with Gasteiger partial charge in [0.1, 0.15) is 0 Å². The van der Waals surface area contributed by atoms with Crippen molar-refractivity contribution in [2.24, 2.45) is 0 Å². The third-order valence-electron chi connectivity index (χ3n) is 1.09. The molecular formula is C6H9O4P. The van der Waals surface area contributed by atoms with E-state index in [1.807, 2.05) is 0 Å². The lowest BCUT2D eigenvalue weighted by molar-refractivity contribution is -0.161. The molecule has 5 heteroatoms. The average Bonchev–Trinajstić information content (AvgIpc) is 1.98. The van der Waals surface area contributed by atoms with Gasteiger partial charge in [-0.3, -0.25) is 0 Å². The molecule has 0 aliphatic rings. The molecule has 1 unspecified atom stereocenters. The SMILES string of the molecule is CC/C(=C\[P+](=O)[O-])C(=O)OC. The number of carbonyl (C=O) groups excluding carboxylic acids is 1. The van der Waals surface area contributed by atoms with Crippen LogP contribution in [0.3, 0.4) is 0 Å². The van der Waals surface area contributed by atoms with Crippen LogP contribution in [-0.2, 0) is 14.1 Å². The Labute approximate surface area is 65.7 Å². The Morgan fingerprint density at radius 3 is 2.55 bits per heavy atom. The molecule has 0 aromatic carbocycles. The Bertz CT molecular complexity index is 197. The first-order valence-corrected chi connectivity index (χ1v) is 4.29. The van der Waals surface area contributed by atoms with Gasteiger partial charge in [0.25, 0.3) is 0 Å². The van der Waals surface area contributed by atoms with Crippen molar-refractivity contribution in [2.45, 2.75) is 13.3 Å². The molecule has 0 aromatic rings. The summed E-state index contributed by atoms with van der Waals surface area (Å²) in [4.78, 5) is 20.9. The van der Waals surface area contributed by atoms with Crippen LogP contribution < -0.4 is 4.89 Å². The van der Waals surface area contributed by atoms with Gasteiger partial charge in [-0.05, 0) is 6.42 Å². The van der Waals surface area contributed by atoms with Gasteiger partial charge in [0.2, 0.25) is 0 Å². The molecule has 0 bridgehead atoms. The zero-order valence-electron chi connectivity index (χ0n) is 6.36. The van der Waals surface area contributed by atoms with Crippen LogP contribution in [0.4, 0.5) is 0 Å². The molecule has 0 amide bonds. The molecule has 0 aromatic heterocycles. The molecule has 0 spiro atoms. The van der Waals surface area contributed by atoms with Gasteiger partial charge in [-0.25, -0.2) is 4.79 Å². The highest BCUT2D eigenvalue weighted by Gasteiger charge is 2.10. The molecule has 1 atom stereocenters. The zero-order valence-corrected chi connectivity index (χ0v) is 7.26. The molecule has 0 saturated carbocycles. The predicted octanol–water partition coefficient (Wildman–Crippen LogP) is 0.556. The number of rotatable bonds is 3. The van der Waals surface area contributed by atoms with Crippen molar-refractivity contribution in [3.8, 4) is 0 Å².